The Hall–Kier alpha value is -1.71. The van der Waals surface area contributed by atoms with Crippen LogP contribution in [0.4, 0.5) is 0 Å². The first kappa shape index (κ1) is 17.6. The van der Waals surface area contributed by atoms with Crippen molar-refractivity contribution in [3.8, 4) is 5.88 Å². The van der Waals surface area contributed by atoms with E-state index in [4.69, 9.17) is 9.84 Å². The largest absolute Gasteiger partial charge is 0.480 e. The summed E-state index contributed by atoms with van der Waals surface area (Å²) in [5.74, 6) is -0.488. The number of rotatable bonds is 7. The van der Waals surface area contributed by atoms with Gasteiger partial charge in [0, 0.05) is 25.2 Å². The zero-order chi connectivity index (χ0) is 16.9. The summed E-state index contributed by atoms with van der Waals surface area (Å²) in [5, 5.41) is 8.76. The summed E-state index contributed by atoms with van der Waals surface area (Å²) >= 11 is 0. The predicted molar refractivity (Wildman–Crippen MR) is 82.8 cm³/mol. The van der Waals surface area contributed by atoms with E-state index in [1.807, 2.05) is 6.92 Å². The molecule has 2 rings (SSSR count). The normalized spacial score (nSPS) is 17.1. The third-order valence-electron chi connectivity index (χ3n) is 3.58. The third-order valence-corrected chi connectivity index (χ3v) is 5.09. The van der Waals surface area contributed by atoms with Gasteiger partial charge in [-0.2, -0.15) is 0 Å². The van der Waals surface area contributed by atoms with Crippen LogP contribution in [0.25, 0.3) is 0 Å². The highest BCUT2D eigenvalue weighted by Gasteiger charge is 2.25. The Morgan fingerprint density at radius 2 is 2.13 bits per heavy atom. The Balaban J connectivity index is 1.92. The molecule has 0 aliphatic carbocycles. The summed E-state index contributed by atoms with van der Waals surface area (Å²) in [6.45, 7) is 3.39. The van der Waals surface area contributed by atoms with Crippen LogP contribution >= 0.6 is 0 Å². The van der Waals surface area contributed by atoms with E-state index in [9.17, 15) is 13.2 Å². The summed E-state index contributed by atoms with van der Waals surface area (Å²) in [6.07, 6.45) is 2.43. The molecule has 9 heteroatoms. The highest BCUT2D eigenvalue weighted by atomic mass is 32.2. The van der Waals surface area contributed by atoms with Crippen molar-refractivity contribution in [2.75, 3.05) is 26.2 Å². The number of sulfonamides is 1. The number of aromatic nitrogens is 1. The van der Waals surface area contributed by atoms with Gasteiger partial charge in [0.2, 0.25) is 15.9 Å². The molecule has 2 N–H and O–H groups in total. The van der Waals surface area contributed by atoms with Crippen molar-refractivity contribution in [1.29, 1.82) is 0 Å². The SMILES string of the molecule is CCOc1ccc(S(=O)(=O)NC2CCN(CC(=O)O)CC2)cn1. The molecular formula is C14H21N3O5S. The highest BCUT2D eigenvalue weighted by Crippen LogP contribution is 2.16. The van der Waals surface area contributed by atoms with Crippen molar-refractivity contribution in [3.05, 3.63) is 18.3 Å². The van der Waals surface area contributed by atoms with E-state index >= 15 is 0 Å². The lowest BCUT2D eigenvalue weighted by Crippen LogP contribution is -2.45. The molecule has 1 saturated heterocycles. The maximum atomic E-state index is 12.3. The number of likely N-dealkylation sites (tertiary alicyclic amines) is 1. The fraction of sp³-hybridized carbons (Fsp3) is 0.571. The first-order chi connectivity index (χ1) is 10.9. The van der Waals surface area contributed by atoms with E-state index in [2.05, 4.69) is 9.71 Å². The van der Waals surface area contributed by atoms with Gasteiger partial charge in [-0.1, -0.05) is 0 Å². The van der Waals surface area contributed by atoms with Crippen LogP contribution < -0.4 is 9.46 Å². The van der Waals surface area contributed by atoms with Crippen molar-refractivity contribution in [2.24, 2.45) is 0 Å². The average Bonchev–Trinajstić information content (AvgIpc) is 2.49. The molecule has 1 aromatic heterocycles. The molecule has 0 aromatic carbocycles. The Labute approximate surface area is 135 Å². The molecule has 0 radical (unpaired) electrons. The standard InChI is InChI=1S/C14H21N3O5S/c1-2-22-13-4-3-12(9-15-13)23(20,21)16-11-5-7-17(8-6-11)10-14(18)19/h3-4,9,11,16H,2,5-8,10H2,1H3,(H,18,19). The van der Waals surface area contributed by atoms with E-state index in [1.54, 1.807) is 4.90 Å². The number of pyridine rings is 1. The van der Waals surface area contributed by atoms with Crippen LogP contribution in [0.3, 0.4) is 0 Å². The predicted octanol–water partition coefficient (Wildman–Crippen LogP) is 0.308. The molecule has 8 nitrogen and oxygen atoms in total. The third kappa shape index (κ3) is 5.15. The fourth-order valence-electron chi connectivity index (χ4n) is 2.45. The molecule has 23 heavy (non-hydrogen) atoms. The molecule has 0 unspecified atom stereocenters. The van der Waals surface area contributed by atoms with Gasteiger partial charge in [0.1, 0.15) is 4.90 Å². The van der Waals surface area contributed by atoms with Crippen LogP contribution in [0.5, 0.6) is 5.88 Å². The number of nitrogens with zero attached hydrogens (tertiary/aromatic N) is 2. The van der Waals surface area contributed by atoms with Gasteiger partial charge in [0.05, 0.1) is 19.3 Å². The number of carboxylic acid groups (broad SMARTS) is 1. The summed E-state index contributed by atoms with van der Waals surface area (Å²) in [6, 6.07) is 2.78. The second-order valence-corrected chi connectivity index (χ2v) is 7.04. The van der Waals surface area contributed by atoms with Gasteiger partial charge in [0.15, 0.2) is 0 Å². The molecule has 1 aliphatic rings. The number of aliphatic carboxylic acids is 1. The van der Waals surface area contributed by atoms with Gasteiger partial charge in [-0.3, -0.25) is 9.69 Å². The summed E-state index contributed by atoms with van der Waals surface area (Å²) in [5.41, 5.74) is 0. The van der Waals surface area contributed by atoms with Gasteiger partial charge < -0.3 is 9.84 Å². The Morgan fingerprint density at radius 3 is 2.65 bits per heavy atom. The van der Waals surface area contributed by atoms with Crippen molar-refractivity contribution < 1.29 is 23.1 Å². The first-order valence-electron chi connectivity index (χ1n) is 7.46. The maximum absolute atomic E-state index is 12.3. The number of hydrogen-bond acceptors (Lipinski definition) is 6. The van der Waals surface area contributed by atoms with Crippen LogP contribution in [0, 0.1) is 0 Å². The monoisotopic (exact) mass is 343 g/mol. The number of ether oxygens (including phenoxy) is 1. The first-order valence-corrected chi connectivity index (χ1v) is 8.94. The van der Waals surface area contributed by atoms with Crippen molar-refractivity contribution in [1.82, 2.24) is 14.6 Å². The minimum absolute atomic E-state index is 0.0116. The fourth-order valence-corrected chi connectivity index (χ4v) is 3.70. The molecule has 2 heterocycles. The van der Waals surface area contributed by atoms with E-state index in [0.717, 1.165) is 0 Å². The van der Waals surface area contributed by atoms with Gasteiger partial charge in [-0.15, -0.1) is 0 Å². The van der Waals surface area contributed by atoms with Gasteiger partial charge in [-0.25, -0.2) is 18.1 Å². The molecule has 1 aliphatic heterocycles. The Kier molecular flexibility index (Phi) is 5.91. The molecule has 1 aromatic rings. The summed E-state index contributed by atoms with van der Waals surface area (Å²) < 4.78 is 32.5. The van der Waals surface area contributed by atoms with Gasteiger partial charge in [-0.05, 0) is 25.8 Å². The quantitative estimate of drug-likeness (QED) is 0.733. The van der Waals surface area contributed by atoms with Crippen molar-refractivity contribution in [2.45, 2.75) is 30.7 Å². The molecule has 1 fully saturated rings. The smallest absolute Gasteiger partial charge is 0.317 e. The van der Waals surface area contributed by atoms with E-state index in [-0.39, 0.29) is 17.5 Å². The van der Waals surface area contributed by atoms with E-state index in [1.165, 1.54) is 18.3 Å². The second kappa shape index (κ2) is 7.71. The second-order valence-electron chi connectivity index (χ2n) is 5.33. The number of piperidine rings is 1. The zero-order valence-corrected chi connectivity index (χ0v) is 13.8. The minimum atomic E-state index is -3.64. The lowest BCUT2D eigenvalue weighted by atomic mass is 10.1. The molecule has 0 spiro atoms. The number of carbonyl (C=O) groups is 1. The topological polar surface area (TPSA) is 109 Å². The van der Waals surface area contributed by atoms with Crippen LogP contribution in [0.15, 0.2) is 23.2 Å². The average molecular weight is 343 g/mol. The molecular weight excluding hydrogens is 322 g/mol. The maximum Gasteiger partial charge on any atom is 0.317 e. The summed E-state index contributed by atoms with van der Waals surface area (Å²) in [7, 11) is -3.64. The molecule has 0 saturated carbocycles. The Bertz CT molecular complexity index is 624. The Morgan fingerprint density at radius 1 is 1.43 bits per heavy atom. The van der Waals surface area contributed by atoms with Gasteiger partial charge in [0.25, 0.3) is 0 Å². The summed E-state index contributed by atoms with van der Waals surface area (Å²) in [4.78, 5) is 16.5. The van der Waals surface area contributed by atoms with E-state index < -0.39 is 16.0 Å². The lowest BCUT2D eigenvalue weighted by molar-refractivity contribution is -0.138. The zero-order valence-electron chi connectivity index (χ0n) is 12.9. The van der Waals surface area contributed by atoms with Crippen LogP contribution in [0.1, 0.15) is 19.8 Å². The van der Waals surface area contributed by atoms with Crippen molar-refractivity contribution in [3.63, 3.8) is 0 Å². The lowest BCUT2D eigenvalue weighted by Gasteiger charge is -2.30. The van der Waals surface area contributed by atoms with Crippen LogP contribution in [0.2, 0.25) is 0 Å². The minimum Gasteiger partial charge on any atom is -0.480 e. The van der Waals surface area contributed by atoms with E-state index in [0.29, 0.717) is 38.4 Å². The highest BCUT2D eigenvalue weighted by molar-refractivity contribution is 7.89. The van der Waals surface area contributed by atoms with Gasteiger partial charge >= 0.3 is 5.97 Å². The number of hydrogen-bond donors (Lipinski definition) is 2. The molecule has 0 atom stereocenters. The number of nitrogens with one attached hydrogen (secondary N) is 1. The molecule has 128 valence electrons. The molecule has 0 bridgehead atoms. The van der Waals surface area contributed by atoms with Crippen molar-refractivity contribution >= 4 is 16.0 Å². The molecule has 0 amide bonds. The number of carboxylic acids is 1. The van der Waals surface area contributed by atoms with Crippen LogP contribution in [-0.4, -0.2) is 61.7 Å². The van der Waals surface area contributed by atoms with Crippen LogP contribution in [-0.2, 0) is 14.8 Å².